The van der Waals surface area contributed by atoms with Gasteiger partial charge in [-0.2, -0.15) is 0 Å². The van der Waals surface area contributed by atoms with Gasteiger partial charge in [-0.25, -0.2) is 4.79 Å². The van der Waals surface area contributed by atoms with Crippen molar-refractivity contribution in [3.63, 3.8) is 0 Å². The molecule has 0 saturated heterocycles. The van der Waals surface area contributed by atoms with Crippen LogP contribution >= 0.6 is 0 Å². The first kappa shape index (κ1) is 22.5. The van der Waals surface area contributed by atoms with E-state index in [9.17, 15) is 19.2 Å². The molecule has 10 nitrogen and oxygen atoms in total. The van der Waals surface area contributed by atoms with E-state index in [-0.39, 0.29) is 24.4 Å². The summed E-state index contributed by atoms with van der Waals surface area (Å²) < 4.78 is 13.6. The molecule has 2 rings (SSSR count). The van der Waals surface area contributed by atoms with Gasteiger partial charge in [0.25, 0.3) is 0 Å². The predicted octanol–water partition coefficient (Wildman–Crippen LogP) is 1.52. The third-order valence-corrected chi connectivity index (χ3v) is 3.01. The Hall–Kier alpha value is -3.53. The van der Waals surface area contributed by atoms with Crippen LogP contribution in [0, 0.1) is 5.41 Å². The van der Waals surface area contributed by atoms with Crippen molar-refractivity contribution in [2.75, 3.05) is 12.0 Å². The summed E-state index contributed by atoms with van der Waals surface area (Å²) in [5, 5.41) is 10.9. The summed E-state index contributed by atoms with van der Waals surface area (Å²) in [7, 11) is 0. The number of carbonyl (C=O) groups excluding carboxylic acids is 3. The van der Waals surface area contributed by atoms with Crippen LogP contribution in [0.2, 0.25) is 0 Å². The van der Waals surface area contributed by atoms with Crippen molar-refractivity contribution in [1.82, 2.24) is 0 Å². The zero-order valence-electron chi connectivity index (χ0n) is 15.4. The maximum atomic E-state index is 10.9. The summed E-state index contributed by atoms with van der Waals surface area (Å²) in [6, 6.07) is 8.64. The average molecular weight is 391 g/mol. The first-order valence-corrected chi connectivity index (χ1v) is 8.16. The highest BCUT2D eigenvalue weighted by molar-refractivity contribution is 5.89. The minimum absolute atomic E-state index is 0.0638. The van der Waals surface area contributed by atoms with Crippen LogP contribution in [0.4, 0.5) is 5.69 Å². The van der Waals surface area contributed by atoms with Crippen LogP contribution in [0.5, 0.6) is 0 Å². The second-order valence-corrected chi connectivity index (χ2v) is 5.37. The van der Waals surface area contributed by atoms with Crippen molar-refractivity contribution >= 4 is 40.5 Å². The standard InChI is InChI=1S/C10H10N2O2.C8H11NO5/c11-6-12-8-3-1-7-2-4-10(13)14-9(7)5-8;1-5(10)13-7(9)3-4-8(12)14-6(2)11/h1-5,12H,6,11H2;9H,3-4H2,1-2H3. The first-order chi connectivity index (χ1) is 13.2. The molecule has 0 aliphatic heterocycles. The van der Waals surface area contributed by atoms with E-state index in [2.05, 4.69) is 14.8 Å². The fourth-order valence-corrected chi connectivity index (χ4v) is 1.94. The van der Waals surface area contributed by atoms with Gasteiger partial charge in [-0.3, -0.25) is 19.8 Å². The van der Waals surface area contributed by atoms with Crippen molar-refractivity contribution in [3.8, 4) is 0 Å². The molecule has 28 heavy (non-hydrogen) atoms. The van der Waals surface area contributed by atoms with Crippen LogP contribution in [0.25, 0.3) is 11.0 Å². The van der Waals surface area contributed by atoms with Gasteiger partial charge in [0.05, 0.1) is 13.1 Å². The Bertz CT molecular complexity index is 893. The van der Waals surface area contributed by atoms with E-state index in [0.717, 1.165) is 24.9 Å². The SMILES string of the molecule is CC(=O)OC(=N)CCC(=O)OC(C)=O.NCNc1ccc2ccc(=O)oc2c1. The monoisotopic (exact) mass is 391 g/mol. The molecule has 1 heterocycles. The minimum Gasteiger partial charge on any atom is -0.423 e. The number of carbonyl (C=O) groups is 3. The number of hydrogen-bond acceptors (Lipinski definition) is 10. The van der Waals surface area contributed by atoms with Crippen LogP contribution in [0.3, 0.4) is 0 Å². The molecule has 0 amide bonds. The summed E-state index contributed by atoms with van der Waals surface area (Å²) in [5.74, 6) is -2.38. The number of hydrogen-bond donors (Lipinski definition) is 3. The molecule has 2 aromatic rings. The number of nitrogens with one attached hydrogen (secondary N) is 2. The van der Waals surface area contributed by atoms with Gasteiger partial charge in [-0.05, 0) is 18.2 Å². The Balaban J connectivity index is 0.000000280. The second kappa shape index (κ2) is 11.2. The highest BCUT2D eigenvalue weighted by atomic mass is 16.6. The molecule has 10 heteroatoms. The number of rotatable bonds is 5. The molecule has 1 aromatic heterocycles. The van der Waals surface area contributed by atoms with E-state index >= 15 is 0 Å². The first-order valence-electron chi connectivity index (χ1n) is 8.16. The molecule has 0 spiro atoms. The lowest BCUT2D eigenvalue weighted by Gasteiger charge is -2.03. The molecular formula is C18H21N3O7. The molecule has 0 radical (unpaired) electrons. The van der Waals surface area contributed by atoms with Crippen molar-refractivity contribution in [1.29, 1.82) is 5.41 Å². The maximum Gasteiger partial charge on any atom is 0.336 e. The molecule has 0 aliphatic rings. The van der Waals surface area contributed by atoms with Gasteiger partial charge in [0.2, 0.25) is 0 Å². The largest absolute Gasteiger partial charge is 0.423 e. The molecule has 1 aromatic carbocycles. The smallest absolute Gasteiger partial charge is 0.336 e. The Labute approximate surface area is 160 Å². The highest BCUT2D eigenvalue weighted by Gasteiger charge is 2.09. The van der Waals surface area contributed by atoms with Crippen LogP contribution in [-0.4, -0.2) is 30.5 Å². The molecule has 150 valence electrons. The van der Waals surface area contributed by atoms with Crippen LogP contribution in [-0.2, 0) is 23.9 Å². The lowest BCUT2D eigenvalue weighted by Crippen LogP contribution is -2.13. The van der Waals surface area contributed by atoms with Gasteiger partial charge in [-0.15, -0.1) is 0 Å². The number of benzene rings is 1. The minimum atomic E-state index is -0.741. The van der Waals surface area contributed by atoms with Gasteiger partial charge in [-0.1, -0.05) is 0 Å². The van der Waals surface area contributed by atoms with Crippen LogP contribution in [0.1, 0.15) is 26.7 Å². The normalized spacial score (nSPS) is 9.68. The maximum absolute atomic E-state index is 10.9. The van der Waals surface area contributed by atoms with Crippen molar-refractivity contribution in [2.45, 2.75) is 26.7 Å². The average Bonchev–Trinajstić information content (AvgIpc) is 2.59. The zero-order valence-corrected chi connectivity index (χ0v) is 15.4. The van der Waals surface area contributed by atoms with Crippen LogP contribution < -0.4 is 16.7 Å². The number of fused-ring (bicyclic) bond motifs is 1. The molecule has 0 atom stereocenters. The van der Waals surface area contributed by atoms with Gasteiger partial charge in [0.1, 0.15) is 5.58 Å². The highest BCUT2D eigenvalue weighted by Crippen LogP contribution is 2.16. The number of nitrogens with two attached hydrogens (primary N) is 1. The quantitative estimate of drug-likeness (QED) is 0.171. The van der Waals surface area contributed by atoms with Crippen LogP contribution in [0.15, 0.2) is 39.5 Å². The lowest BCUT2D eigenvalue weighted by atomic mass is 10.2. The van der Waals surface area contributed by atoms with Crippen molar-refractivity contribution in [3.05, 3.63) is 40.8 Å². The molecule has 0 unspecified atom stereocenters. The van der Waals surface area contributed by atoms with E-state index in [0.29, 0.717) is 12.3 Å². The lowest BCUT2D eigenvalue weighted by molar-refractivity contribution is -0.158. The Kier molecular flexibility index (Phi) is 9.04. The van der Waals surface area contributed by atoms with Gasteiger partial charge < -0.3 is 24.9 Å². The van der Waals surface area contributed by atoms with Gasteiger partial charge in [0, 0.05) is 43.5 Å². The van der Waals surface area contributed by atoms with Crippen molar-refractivity contribution < 1.29 is 28.3 Å². The van der Waals surface area contributed by atoms with E-state index in [1.54, 1.807) is 12.1 Å². The molecule has 0 saturated carbocycles. The molecule has 4 N–H and O–H groups in total. The molecule has 0 aliphatic carbocycles. The number of ether oxygens (including phenoxy) is 2. The van der Waals surface area contributed by atoms with E-state index in [4.69, 9.17) is 15.6 Å². The zero-order chi connectivity index (χ0) is 21.1. The summed E-state index contributed by atoms with van der Waals surface area (Å²) >= 11 is 0. The summed E-state index contributed by atoms with van der Waals surface area (Å²) in [5.41, 5.74) is 6.39. The van der Waals surface area contributed by atoms with E-state index < -0.39 is 17.9 Å². The summed E-state index contributed by atoms with van der Waals surface area (Å²) in [6.07, 6.45) is -0.225. The van der Waals surface area contributed by atoms with Gasteiger partial charge in [0.15, 0.2) is 5.90 Å². The predicted molar refractivity (Wildman–Crippen MR) is 101 cm³/mol. The number of anilines is 1. The molecule has 0 bridgehead atoms. The Morgan fingerprint density at radius 1 is 1.07 bits per heavy atom. The third kappa shape index (κ3) is 8.72. The van der Waals surface area contributed by atoms with Crippen molar-refractivity contribution in [2.24, 2.45) is 5.73 Å². The summed E-state index contributed by atoms with van der Waals surface area (Å²) in [4.78, 5) is 42.3. The number of esters is 3. The topological polar surface area (TPSA) is 162 Å². The fraction of sp³-hybridized carbons (Fsp3) is 0.278. The fourth-order valence-electron chi connectivity index (χ4n) is 1.94. The van der Waals surface area contributed by atoms with E-state index in [1.165, 1.54) is 6.07 Å². The van der Waals surface area contributed by atoms with E-state index in [1.807, 2.05) is 12.1 Å². The second-order valence-electron chi connectivity index (χ2n) is 5.37. The molecule has 0 fully saturated rings. The Morgan fingerprint density at radius 3 is 2.32 bits per heavy atom. The third-order valence-electron chi connectivity index (χ3n) is 3.01. The summed E-state index contributed by atoms with van der Waals surface area (Å²) in [6.45, 7) is 2.61. The van der Waals surface area contributed by atoms with Gasteiger partial charge >= 0.3 is 23.5 Å². The molecular weight excluding hydrogens is 370 g/mol. The Morgan fingerprint density at radius 2 is 1.71 bits per heavy atom.